The molecule has 2 aromatic rings. The molecule has 0 aliphatic carbocycles. The molecule has 0 bridgehead atoms. The lowest BCUT2D eigenvalue weighted by atomic mass is 10.1. The van der Waals surface area contributed by atoms with E-state index in [0.29, 0.717) is 17.2 Å². The fourth-order valence-corrected chi connectivity index (χ4v) is 1.95. The summed E-state index contributed by atoms with van der Waals surface area (Å²) in [6.07, 6.45) is 0. The van der Waals surface area contributed by atoms with Crippen LogP contribution in [0.25, 0.3) is 11.4 Å². The number of nitrogens with zero attached hydrogens (tertiary/aromatic N) is 3. The first kappa shape index (κ1) is 13.6. The first-order valence-corrected chi connectivity index (χ1v) is 5.85. The monoisotopic (exact) mass is 267 g/mol. The van der Waals surface area contributed by atoms with E-state index in [1.807, 2.05) is 20.8 Å². The van der Waals surface area contributed by atoms with E-state index in [9.17, 15) is 13.9 Å². The molecule has 0 fully saturated rings. The lowest BCUT2D eigenvalue weighted by molar-refractivity contribution is 0.250. The predicted octanol–water partition coefficient (Wildman–Crippen LogP) is 2.47. The highest BCUT2D eigenvalue weighted by Crippen LogP contribution is 2.27. The molecule has 6 heteroatoms. The minimum Gasteiger partial charge on any atom is -0.388 e. The van der Waals surface area contributed by atoms with Crippen LogP contribution in [0.5, 0.6) is 0 Å². The minimum absolute atomic E-state index is 0.270. The maximum Gasteiger partial charge on any atom is 0.164 e. The minimum atomic E-state index is -0.938. The third kappa shape index (κ3) is 2.49. The van der Waals surface area contributed by atoms with Crippen molar-refractivity contribution in [2.45, 2.75) is 32.9 Å². The summed E-state index contributed by atoms with van der Waals surface area (Å²) >= 11 is 0. The predicted molar refractivity (Wildman–Crippen MR) is 66.3 cm³/mol. The standard InChI is InChI=1S/C13H15F2N3O/c1-13(2,3)18-11(7-19)16-17-12(18)8-4-5-9(14)10(15)6-8/h4-6,19H,7H2,1-3H3. The lowest BCUT2D eigenvalue weighted by Crippen LogP contribution is -2.25. The molecule has 1 N–H and O–H groups in total. The van der Waals surface area contributed by atoms with Crippen molar-refractivity contribution in [3.05, 3.63) is 35.7 Å². The van der Waals surface area contributed by atoms with Gasteiger partial charge in [0, 0.05) is 11.1 Å². The molecule has 1 aromatic carbocycles. The van der Waals surface area contributed by atoms with Crippen LogP contribution in [0.1, 0.15) is 26.6 Å². The fraction of sp³-hybridized carbons (Fsp3) is 0.385. The average molecular weight is 267 g/mol. The van der Waals surface area contributed by atoms with Crippen molar-refractivity contribution in [2.75, 3.05) is 0 Å². The van der Waals surface area contributed by atoms with Crippen molar-refractivity contribution in [2.24, 2.45) is 0 Å². The van der Waals surface area contributed by atoms with E-state index in [2.05, 4.69) is 10.2 Å². The Bertz CT molecular complexity index is 602. The summed E-state index contributed by atoms with van der Waals surface area (Å²) in [6, 6.07) is 3.56. The molecule has 0 atom stereocenters. The van der Waals surface area contributed by atoms with Crippen LogP contribution in [-0.2, 0) is 12.1 Å². The van der Waals surface area contributed by atoms with Gasteiger partial charge in [-0.3, -0.25) is 0 Å². The Morgan fingerprint density at radius 3 is 2.37 bits per heavy atom. The number of aromatic nitrogens is 3. The van der Waals surface area contributed by atoms with Crippen LogP contribution in [0.15, 0.2) is 18.2 Å². The van der Waals surface area contributed by atoms with Crippen LogP contribution in [0.2, 0.25) is 0 Å². The molecule has 0 aliphatic rings. The number of hydrogen-bond acceptors (Lipinski definition) is 3. The molecule has 4 nitrogen and oxygen atoms in total. The zero-order chi connectivity index (χ0) is 14.2. The van der Waals surface area contributed by atoms with Gasteiger partial charge in [-0.2, -0.15) is 0 Å². The Kier molecular flexibility index (Phi) is 3.36. The second kappa shape index (κ2) is 4.70. The van der Waals surface area contributed by atoms with Crippen LogP contribution in [0.4, 0.5) is 8.78 Å². The molecule has 0 spiro atoms. The normalized spacial score (nSPS) is 11.9. The number of hydrogen-bond donors (Lipinski definition) is 1. The molecule has 0 saturated heterocycles. The van der Waals surface area contributed by atoms with E-state index in [1.54, 1.807) is 4.57 Å². The van der Waals surface area contributed by atoms with E-state index >= 15 is 0 Å². The van der Waals surface area contributed by atoms with Gasteiger partial charge in [-0.15, -0.1) is 10.2 Å². The molecule has 0 saturated carbocycles. The van der Waals surface area contributed by atoms with Crippen molar-refractivity contribution >= 4 is 0 Å². The smallest absolute Gasteiger partial charge is 0.164 e. The molecule has 102 valence electrons. The molecule has 0 amide bonds. The van der Waals surface area contributed by atoms with Crippen molar-refractivity contribution in [1.29, 1.82) is 0 Å². The van der Waals surface area contributed by atoms with E-state index in [-0.39, 0.29) is 12.1 Å². The van der Waals surface area contributed by atoms with Gasteiger partial charge in [0.05, 0.1) is 0 Å². The lowest BCUT2D eigenvalue weighted by Gasteiger charge is -2.24. The van der Waals surface area contributed by atoms with Crippen LogP contribution in [0.3, 0.4) is 0 Å². The van der Waals surface area contributed by atoms with E-state index in [1.165, 1.54) is 6.07 Å². The van der Waals surface area contributed by atoms with E-state index < -0.39 is 11.6 Å². The highest BCUT2D eigenvalue weighted by molar-refractivity contribution is 5.55. The largest absolute Gasteiger partial charge is 0.388 e. The molecule has 0 aliphatic heterocycles. The zero-order valence-electron chi connectivity index (χ0n) is 11.0. The SMILES string of the molecule is CC(C)(C)n1c(CO)nnc1-c1ccc(F)c(F)c1. The van der Waals surface area contributed by atoms with Crippen molar-refractivity contribution in [3.8, 4) is 11.4 Å². The van der Waals surface area contributed by atoms with Gasteiger partial charge < -0.3 is 9.67 Å². The Morgan fingerprint density at radius 2 is 1.84 bits per heavy atom. The summed E-state index contributed by atoms with van der Waals surface area (Å²) in [4.78, 5) is 0. The van der Waals surface area contributed by atoms with Gasteiger partial charge in [-0.25, -0.2) is 8.78 Å². The summed E-state index contributed by atoms with van der Waals surface area (Å²) in [5, 5.41) is 17.1. The van der Waals surface area contributed by atoms with Crippen molar-refractivity contribution < 1.29 is 13.9 Å². The van der Waals surface area contributed by atoms with Gasteiger partial charge in [0.25, 0.3) is 0 Å². The Hall–Kier alpha value is -1.82. The molecule has 0 unspecified atom stereocenters. The van der Waals surface area contributed by atoms with Gasteiger partial charge in [-0.1, -0.05) is 0 Å². The first-order chi connectivity index (χ1) is 8.84. The number of benzene rings is 1. The topological polar surface area (TPSA) is 50.9 Å². The van der Waals surface area contributed by atoms with Gasteiger partial charge >= 0.3 is 0 Å². The Morgan fingerprint density at radius 1 is 1.16 bits per heavy atom. The molecule has 2 rings (SSSR count). The van der Waals surface area contributed by atoms with Crippen molar-refractivity contribution in [3.63, 3.8) is 0 Å². The third-order valence-corrected chi connectivity index (χ3v) is 2.72. The summed E-state index contributed by atoms with van der Waals surface area (Å²) in [6.45, 7) is 5.48. The Balaban J connectivity index is 2.62. The number of aliphatic hydroxyl groups excluding tert-OH is 1. The van der Waals surface area contributed by atoms with Gasteiger partial charge in [0.1, 0.15) is 6.61 Å². The van der Waals surface area contributed by atoms with Gasteiger partial charge in [0.15, 0.2) is 23.3 Å². The van der Waals surface area contributed by atoms with Crippen LogP contribution < -0.4 is 0 Å². The van der Waals surface area contributed by atoms with E-state index in [4.69, 9.17) is 0 Å². The molecular weight excluding hydrogens is 252 g/mol. The summed E-state index contributed by atoms with van der Waals surface area (Å²) in [5.41, 5.74) is 0.0305. The highest BCUT2D eigenvalue weighted by atomic mass is 19.2. The number of aliphatic hydroxyl groups is 1. The summed E-state index contributed by atoms with van der Waals surface area (Å²) in [5.74, 6) is -1.07. The van der Waals surface area contributed by atoms with Gasteiger partial charge in [0.2, 0.25) is 0 Å². The Labute approximate surface area is 109 Å². The average Bonchev–Trinajstić information content (AvgIpc) is 2.76. The molecule has 1 heterocycles. The molecular formula is C13H15F2N3O. The zero-order valence-corrected chi connectivity index (χ0v) is 11.0. The number of halogens is 2. The molecule has 0 radical (unpaired) electrons. The fourth-order valence-electron chi connectivity index (χ4n) is 1.95. The maximum atomic E-state index is 13.3. The van der Waals surface area contributed by atoms with E-state index in [0.717, 1.165) is 12.1 Å². The summed E-state index contributed by atoms with van der Waals surface area (Å²) in [7, 11) is 0. The second-order valence-corrected chi connectivity index (χ2v) is 5.23. The van der Waals surface area contributed by atoms with Crippen LogP contribution in [-0.4, -0.2) is 19.9 Å². The van der Waals surface area contributed by atoms with Crippen molar-refractivity contribution in [1.82, 2.24) is 14.8 Å². The quantitative estimate of drug-likeness (QED) is 0.909. The maximum absolute atomic E-state index is 13.3. The third-order valence-electron chi connectivity index (χ3n) is 2.72. The first-order valence-electron chi connectivity index (χ1n) is 5.85. The molecule has 19 heavy (non-hydrogen) atoms. The van der Waals surface area contributed by atoms with Crippen LogP contribution in [0, 0.1) is 11.6 Å². The van der Waals surface area contributed by atoms with Crippen LogP contribution >= 0.6 is 0 Å². The second-order valence-electron chi connectivity index (χ2n) is 5.23. The summed E-state index contributed by atoms with van der Waals surface area (Å²) < 4.78 is 28.0. The number of rotatable bonds is 2. The van der Waals surface area contributed by atoms with Gasteiger partial charge in [-0.05, 0) is 39.0 Å². The molecule has 1 aromatic heterocycles. The highest BCUT2D eigenvalue weighted by Gasteiger charge is 2.23.